The largest absolute Gasteiger partial charge is 0.440 e. The third-order valence-corrected chi connectivity index (χ3v) is 3.05. The second-order valence-electron chi connectivity index (χ2n) is 4.93. The molecule has 0 bridgehead atoms. The van der Waals surface area contributed by atoms with Gasteiger partial charge in [0, 0.05) is 12.1 Å². The van der Waals surface area contributed by atoms with Crippen LogP contribution in [-0.2, 0) is 0 Å². The van der Waals surface area contributed by atoms with Crippen LogP contribution in [0.25, 0.3) is 21.7 Å². The monoisotopic (exact) mass is 253 g/mol. The second kappa shape index (κ2) is 4.43. The minimum Gasteiger partial charge on any atom is -0.440 e. The van der Waals surface area contributed by atoms with Gasteiger partial charge in [-0.3, -0.25) is 4.79 Å². The molecule has 0 spiro atoms. The average molecular weight is 253 g/mol. The van der Waals surface area contributed by atoms with Crippen LogP contribution in [-0.4, -0.2) is 6.04 Å². The van der Waals surface area contributed by atoms with Crippen molar-refractivity contribution in [3.63, 3.8) is 0 Å². The maximum absolute atomic E-state index is 12.3. The lowest BCUT2D eigenvalue weighted by Gasteiger charge is -2.09. The van der Waals surface area contributed by atoms with Crippen LogP contribution in [0, 0.1) is 0 Å². The quantitative estimate of drug-likeness (QED) is 0.707. The molecule has 0 atom stereocenters. The second-order valence-corrected chi connectivity index (χ2v) is 4.93. The molecule has 1 aromatic heterocycles. The fraction of sp³-hybridized carbons (Fsp3) is 0.188. The van der Waals surface area contributed by atoms with Crippen molar-refractivity contribution < 1.29 is 4.42 Å². The summed E-state index contributed by atoms with van der Waals surface area (Å²) in [5.41, 5.74) is 0.607. The maximum Gasteiger partial charge on any atom is 0.197 e. The van der Waals surface area contributed by atoms with Gasteiger partial charge in [0.2, 0.25) is 0 Å². The molecule has 3 rings (SSSR count). The average Bonchev–Trinajstić information content (AvgIpc) is 2.37. The van der Waals surface area contributed by atoms with Crippen LogP contribution in [0.15, 0.2) is 51.7 Å². The minimum atomic E-state index is -0.0128. The van der Waals surface area contributed by atoms with Gasteiger partial charge >= 0.3 is 0 Å². The third kappa shape index (κ3) is 2.08. The Balaban J connectivity index is 2.33. The molecule has 0 aliphatic rings. The van der Waals surface area contributed by atoms with E-state index in [2.05, 4.69) is 5.32 Å². The molecule has 1 N–H and O–H groups in total. The summed E-state index contributed by atoms with van der Waals surface area (Å²) >= 11 is 0. The predicted molar refractivity (Wildman–Crippen MR) is 78.7 cm³/mol. The van der Waals surface area contributed by atoms with Crippen molar-refractivity contribution in [3.05, 3.63) is 52.7 Å². The van der Waals surface area contributed by atoms with Crippen molar-refractivity contribution in [2.45, 2.75) is 19.9 Å². The van der Waals surface area contributed by atoms with Crippen LogP contribution in [0.3, 0.4) is 0 Å². The zero-order chi connectivity index (χ0) is 13.4. The van der Waals surface area contributed by atoms with E-state index in [1.54, 1.807) is 0 Å². The zero-order valence-corrected chi connectivity index (χ0v) is 10.9. The Bertz CT molecular complexity index is 803. The summed E-state index contributed by atoms with van der Waals surface area (Å²) in [6.07, 6.45) is 0. The molecule has 0 amide bonds. The molecule has 96 valence electrons. The molecule has 2 aromatic carbocycles. The van der Waals surface area contributed by atoms with Crippen LogP contribution < -0.4 is 10.7 Å². The van der Waals surface area contributed by atoms with Crippen molar-refractivity contribution in [2.75, 3.05) is 5.32 Å². The Morgan fingerprint density at radius 3 is 2.68 bits per heavy atom. The van der Waals surface area contributed by atoms with E-state index < -0.39 is 0 Å². The summed E-state index contributed by atoms with van der Waals surface area (Å²) < 4.78 is 5.75. The standard InChI is InChI=1S/C16H15NO2/c1-10(2)17-15-9-13(18)16-12-6-4-3-5-11(12)7-8-14(16)19-15/h3-10,17H,1-2H3. The van der Waals surface area contributed by atoms with Crippen molar-refractivity contribution in [2.24, 2.45) is 0 Å². The van der Waals surface area contributed by atoms with Gasteiger partial charge in [-0.2, -0.15) is 0 Å². The molecule has 0 saturated carbocycles. The summed E-state index contributed by atoms with van der Waals surface area (Å²) in [7, 11) is 0. The molecular formula is C16H15NO2. The smallest absolute Gasteiger partial charge is 0.197 e. The molecule has 0 radical (unpaired) electrons. The number of benzene rings is 2. The minimum absolute atomic E-state index is 0.0128. The van der Waals surface area contributed by atoms with Crippen molar-refractivity contribution >= 4 is 27.6 Å². The lowest BCUT2D eigenvalue weighted by atomic mass is 10.1. The van der Waals surface area contributed by atoms with Crippen LogP contribution in [0.1, 0.15) is 13.8 Å². The first-order valence-corrected chi connectivity index (χ1v) is 6.37. The highest BCUT2D eigenvalue weighted by molar-refractivity contribution is 6.05. The first-order chi connectivity index (χ1) is 9.15. The number of hydrogen-bond acceptors (Lipinski definition) is 3. The van der Waals surface area contributed by atoms with Gasteiger partial charge in [-0.05, 0) is 30.7 Å². The lowest BCUT2D eigenvalue weighted by molar-refractivity contribution is 0.606. The Morgan fingerprint density at radius 1 is 1.11 bits per heavy atom. The highest BCUT2D eigenvalue weighted by Crippen LogP contribution is 2.24. The first kappa shape index (κ1) is 11.8. The maximum atomic E-state index is 12.3. The van der Waals surface area contributed by atoms with Gasteiger partial charge in [0.25, 0.3) is 0 Å². The van der Waals surface area contributed by atoms with Gasteiger partial charge in [0.1, 0.15) is 5.58 Å². The van der Waals surface area contributed by atoms with Gasteiger partial charge in [-0.25, -0.2) is 0 Å². The molecule has 3 heteroatoms. The molecular weight excluding hydrogens is 238 g/mol. The van der Waals surface area contributed by atoms with E-state index in [9.17, 15) is 4.79 Å². The van der Waals surface area contributed by atoms with E-state index in [1.807, 2.05) is 50.2 Å². The zero-order valence-electron chi connectivity index (χ0n) is 10.9. The molecule has 0 unspecified atom stereocenters. The molecule has 19 heavy (non-hydrogen) atoms. The topological polar surface area (TPSA) is 42.2 Å². The first-order valence-electron chi connectivity index (χ1n) is 6.37. The van der Waals surface area contributed by atoms with E-state index >= 15 is 0 Å². The summed E-state index contributed by atoms with van der Waals surface area (Å²) in [6.45, 7) is 4.01. The highest BCUT2D eigenvalue weighted by atomic mass is 16.3. The summed E-state index contributed by atoms with van der Waals surface area (Å²) in [6, 6.07) is 13.4. The van der Waals surface area contributed by atoms with Crippen LogP contribution in [0.2, 0.25) is 0 Å². The molecule has 0 fully saturated rings. The Hall–Kier alpha value is -2.29. The molecule has 0 aliphatic heterocycles. The fourth-order valence-corrected chi connectivity index (χ4v) is 2.29. The Morgan fingerprint density at radius 2 is 1.89 bits per heavy atom. The van der Waals surface area contributed by atoms with Gasteiger partial charge < -0.3 is 9.73 Å². The Labute approximate surface area is 110 Å². The number of rotatable bonds is 2. The number of hydrogen-bond donors (Lipinski definition) is 1. The van der Waals surface area contributed by atoms with E-state index in [1.165, 1.54) is 6.07 Å². The lowest BCUT2D eigenvalue weighted by Crippen LogP contribution is -2.12. The van der Waals surface area contributed by atoms with Gasteiger partial charge in [0.05, 0.1) is 5.39 Å². The number of nitrogens with one attached hydrogen (secondary N) is 1. The van der Waals surface area contributed by atoms with Gasteiger partial charge in [-0.1, -0.05) is 30.3 Å². The number of fused-ring (bicyclic) bond motifs is 3. The highest BCUT2D eigenvalue weighted by Gasteiger charge is 2.08. The molecule has 0 saturated heterocycles. The van der Waals surface area contributed by atoms with E-state index in [0.717, 1.165) is 10.8 Å². The fourth-order valence-electron chi connectivity index (χ4n) is 2.29. The van der Waals surface area contributed by atoms with Crippen molar-refractivity contribution in [1.82, 2.24) is 0 Å². The number of anilines is 1. The van der Waals surface area contributed by atoms with E-state index in [0.29, 0.717) is 16.9 Å². The van der Waals surface area contributed by atoms with Crippen molar-refractivity contribution in [1.29, 1.82) is 0 Å². The van der Waals surface area contributed by atoms with Crippen LogP contribution in [0.4, 0.5) is 5.88 Å². The summed E-state index contributed by atoms with van der Waals surface area (Å²) in [5.74, 6) is 0.516. The van der Waals surface area contributed by atoms with Gasteiger partial charge in [0.15, 0.2) is 11.3 Å². The molecule has 3 nitrogen and oxygen atoms in total. The molecule has 1 heterocycles. The normalized spacial score (nSPS) is 11.3. The van der Waals surface area contributed by atoms with E-state index in [-0.39, 0.29) is 11.5 Å². The van der Waals surface area contributed by atoms with E-state index in [4.69, 9.17) is 4.42 Å². The third-order valence-electron chi connectivity index (χ3n) is 3.05. The predicted octanol–water partition coefficient (Wildman–Crippen LogP) is 3.77. The molecule has 3 aromatic rings. The molecule has 0 aliphatic carbocycles. The van der Waals surface area contributed by atoms with Crippen molar-refractivity contribution in [3.8, 4) is 0 Å². The Kier molecular flexibility index (Phi) is 2.75. The summed E-state index contributed by atoms with van der Waals surface area (Å²) in [4.78, 5) is 12.3. The van der Waals surface area contributed by atoms with Crippen LogP contribution >= 0.6 is 0 Å². The summed E-state index contributed by atoms with van der Waals surface area (Å²) in [5, 5.41) is 5.75. The van der Waals surface area contributed by atoms with Crippen LogP contribution in [0.5, 0.6) is 0 Å². The SMILES string of the molecule is CC(C)Nc1cc(=O)c2c(ccc3ccccc32)o1. The van der Waals surface area contributed by atoms with Gasteiger partial charge in [-0.15, -0.1) is 0 Å².